The van der Waals surface area contributed by atoms with Crippen molar-refractivity contribution in [1.29, 1.82) is 0 Å². The fraction of sp³-hybridized carbons (Fsp3) is 0.588. The zero-order valence-electron chi connectivity index (χ0n) is 14.3. The molecule has 1 unspecified atom stereocenters. The maximum Gasteiger partial charge on any atom is 0.240 e. The Morgan fingerprint density at radius 2 is 2.17 bits per heavy atom. The molecule has 132 valence electrons. The highest BCUT2D eigenvalue weighted by atomic mass is 32.2. The van der Waals surface area contributed by atoms with Gasteiger partial charge in [0.25, 0.3) is 0 Å². The molecule has 1 fully saturated rings. The minimum absolute atomic E-state index is 0.0334. The quantitative estimate of drug-likeness (QED) is 0.896. The third-order valence-corrected chi connectivity index (χ3v) is 6.18. The Morgan fingerprint density at radius 3 is 2.79 bits per heavy atom. The minimum Gasteiger partial charge on any atom is -0.377 e. The van der Waals surface area contributed by atoms with Crippen LogP contribution in [-0.2, 0) is 25.0 Å². The van der Waals surface area contributed by atoms with Gasteiger partial charge in [-0.05, 0) is 36.6 Å². The third kappa shape index (κ3) is 3.20. The molecule has 0 bridgehead atoms. The van der Waals surface area contributed by atoms with E-state index in [-0.39, 0.29) is 22.3 Å². The molecule has 0 spiro atoms. The van der Waals surface area contributed by atoms with Gasteiger partial charge in [0.15, 0.2) is 0 Å². The van der Waals surface area contributed by atoms with Crippen LogP contribution in [0.15, 0.2) is 23.1 Å². The standard InChI is InChI=1S/C17H24N2O4S/c1-12(20)19-11-17(2,3)15-9-14(6-7-16(15)19)24(21,22)18-10-13-5-4-8-23-13/h6-7,9,13,18H,4-5,8,10-11H2,1-3H3. The number of hydrogen-bond donors (Lipinski definition) is 1. The molecule has 1 amide bonds. The van der Waals surface area contributed by atoms with Crippen LogP contribution in [0.25, 0.3) is 0 Å². The number of nitrogens with zero attached hydrogens (tertiary/aromatic N) is 1. The van der Waals surface area contributed by atoms with Gasteiger partial charge in [-0.25, -0.2) is 13.1 Å². The fourth-order valence-corrected chi connectivity index (χ4v) is 4.49. The van der Waals surface area contributed by atoms with Crippen molar-refractivity contribution in [2.75, 3.05) is 24.6 Å². The molecule has 2 aliphatic heterocycles. The topological polar surface area (TPSA) is 75.7 Å². The summed E-state index contributed by atoms with van der Waals surface area (Å²) in [5.74, 6) is -0.0334. The number of sulfonamides is 1. The van der Waals surface area contributed by atoms with Gasteiger partial charge in [-0.1, -0.05) is 13.8 Å². The van der Waals surface area contributed by atoms with Crippen molar-refractivity contribution in [3.63, 3.8) is 0 Å². The van der Waals surface area contributed by atoms with E-state index in [1.165, 1.54) is 6.92 Å². The number of amides is 1. The highest BCUT2D eigenvalue weighted by Crippen LogP contribution is 2.41. The lowest BCUT2D eigenvalue weighted by atomic mass is 9.87. The monoisotopic (exact) mass is 352 g/mol. The van der Waals surface area contributed by atoms with Crippen LogP contribution in [-0.4, -0.2) is 40.1 Å². The lowest BCUT2D eigenvalue weighted by molar-refractivity contribution is -0.116. The Bertz CT molecular complexity index is 752. The molecule has 1 aromatic rings. The first-order valence-electron chi connectivity index (χ1n) is 8.25. The molecule has 7 heteroatoms. The first-order valence-corrected chi connectivity index (χ1v) is 9.73. The van der Waals surface area contributed by atoms with E-state index in [1.54, 1.807) is 23.1 Å². The van der Waals surface area contributed by atoms with Crippen molar-refractivity contribution in [3.8, 4) is 0 Å². The van der Waals surface area contributed by atoms with Crippen LogP contribution in [0.2, 0.25) is 0 Å². The SMILES string of the molecule is CC(=O)N1CC(C)(C)c2cc(S(=O)(=O)NCC3CCCO3)ccc21. The second kappa shape index (κ2) is 6.13. The van der Waals surface area contributed by atoms with Crippen molar-refractivity contribution < 1.29 is 17.9 Å². The van der Waals surface area contributed by atoms with Gasteiger partial charge in [-0.15, -0.1) is 0 Å². The number of nitrogens with one attached hydrogen (secondary N) is 1. The van der Waals surface area contributed by atoms with Crippen LogP contribution in [0.4, 0.5) is 5.69 Å². The number of benzene rings is 1. The first kappa shape index (κ1) is 17.4. The first-order chi connectivity index (χ1) is 11.2. The molecule has 3 rings (SSSR count). The van der Waals surface area contributed by atoms with Gasteiger partial charge < -0.3 is 9.64 Å². The minimum atomic E-state index is -3.59. The van der Waals surface area contributed by atoms with E-state index >= 15 is 0 Å². The summed E-state index contributed by atoms with van der Waals surface area (Å²) in [4.78, 5) is 13.7. The number of hydrogen-bond acceptors (Lipinski definition) is 4. The number of rotatable bonds is 4. The van der Waals surface area contributed by atoms with E-state index in [2.05, 4.69) is 4.72 Å². The summed E-state index contributed by atoms with van der Waals surface area (Å²) in [6.45, 7) is 7.11. The smallest absolute Gasteiger partial charge is 0.240 e. The molecule has 0 aromatic heterocycles. The van der Waals surface area contributed by atoms with Crippen molar-refractivity contribution in [1.82, 2.24) is 4.72 Å². The molecule has 1 N–H and O–H groups in total. The largest absolute Gasteiger partial charge is 0.377 e. The summed E-state index contributed by atoms with van der Waals surface area (Å²) < 4.78 is 33.2. The lowest BCUT2D eigenvalue weighted by Crippen LogP contribution is -2.32. The summed E-state index contributed by atoms with van der Waals surface area (Å²) in [6.07, 6.45) is 1.81. The second-order valence-electron chi connectivity index (χ2n) is 7.15. The molecule has 0 aliphatic carbocycles. The van der Waals surface area contributed by atoms with E-state index in [9.17, 15) is 13.2 Å². The number of fused-ring (bicyclic) bond motifs is 1. The van der Waals surface area contributed by atoms with Crippen LogP contribution in [0, 0.1) is 0 Å². The zero-order valence-corrected chi connectivity index (χ0v) is 15.1. The van der Waals surface area contributed by atoms with E-state index in [0.717, 1.165) is 24.1 Å². The van der Waals surface area contributed by atoms with Gasteiger partial charge in [0.05, 0.1) is 11.0 Å². The molecule has 24 heavy (non-hydrogen) atoms. The Morgan fingerprint density at radius 1 is 1.42 bits per heavy atom. The van der Waals surface area contributed by atoms with E-state index < -0.39 is 10.0 Å². The van der Waals surface area contributed by atoms with Gasteiger partial charge in [0.2, 0.25) is 15.9 Å². The number of carbonyl (C=O) groups excluding carboxylic acids is 1. The molecule has 1 aromatic carbocycles. The van der Waals surface area contributed by atoms with Crippen molar-refractivity contribution >= 4 is 21.6 Å². The maximum atomic E-state index is 12.6. The molecular formula is C17H24N2O4S. The molecule has 0 radical (unpaired) electrons. The molecular weight excluding hydrogens is 328 g/mol. The number of anilines is 1. The molecule has 6 nitrogen and oxygen atoms in total. The van der Waals surface area contributed by atoms with Gasteiger partial charge in [0, 0.05) is 37.7 Å². The Balaban J connectivity index is 1.86. The van der Waals surface area contributed by atoms with Crippen LogP contribution in [0.3, 0.4) is 0 Å². The zero-order chi connectivity index (χ0) is 17.5. The summed E-state index contributed by atoms with van der Waals surface area (Å²) in [7, 11) is -3.59. The molecule has 0 saturated carbocycles. The van der Waals surface area contributed by atoms with Crippen molar-refractivity contribution in [3.05, 3.63) is 23.8 Å². The predicted octanol–water partition coefficient (Wildman–Crippen LogP) is 1.79. The van der Waals surface area contributed by atoms with Crippen LogP contribution >= 0.6 is 0 Å². The van der Waals surface area contributed by atoms with E-state index in [0.29, 0.717) is 19.7 Å². The maximum absolute atomic E-state index is 12.6. The Labute approximate surface area is 143 Å². The fourth-order valence-electron chi connectivity index (χ4n) is 3.40. The normalized spacial score (nSPS) is 22.6. The Kier molecular flexibility index (Phi) is 4.44. The van der Waals surface area contributed by atoms with Gasteiger partial charge in [-0.3, -0.25) is 4.79 Å². The summed E-state index contributed by atoms with van der Waals surface area (Å²) in [6, 6.07) is 4.98. The van der Waals surface area contributed by atoms with Crippen LogP contribution in [0.1, 0.15) is 39.2 Å². The number of carbonyl (C=O) groups is 1. The summed E-state index contributed by atoms with van der Waals surface area (Å²) in [5.41, 5.74) is 1.41. The molecule has 2 heterocycles. The lowest BCUT2D eigenvalue weighted by Gasteiger charge is -2.19. The van der Waals surface area contributed by atoms with Gasteiger partial charge >= 0.3 is 0 Å². The second-order valence-corrected chi connectivity index (χ2v) is 8.92. The average Bonchev–Trinajstić information content (AvgIpc) is 3.11. The van der Waals surface area contributed by atoms with Crippen molar-refractivity contribution in [2.45, 2.75) is 50.0 Å². The third-order valence-electron chi connectivity index (χ3n) is 4.76. The number of ether oxygens (including phenoxy) is 1. The van der Waals surface area contributed by atoms with Gasteiger partial charge in [0.1, 0.15) is 0 Å². The summed E-state index contributed by atoms with van der Waals surface area (Å²) in [5, 5.41) is 0. The molecule has 1 saturated heterocycles. The van der Waals surface area contributed by atoms with Crippen LogP contribution < -0.4 is 9.62 Å². The molecule has 2 aliphatic rings. The van der Waals surface area contributed by atoms with Crippen molar-refractivity contribution in [2.24, 2.45) is 0 Å². The van der Waals surface area contributed by atoms with Gasteiger partial charge in [-0.2, -0.15) is 0 Å². The predicted molar refractivity (Wildman–Crippen MR) is 91.7 cm³/mol. The highest BCUT2D eigenvalue weighted by molar-refractivity contribution is 7.89. The molecule has 1 atom stereocenters. The van der Waals surface area contributed by atoms with E-state index in [4.69, 9.17) is 4.74 Å². The Hall–Kier alpha value is -1.44. The van der Waals surface area contributed by atoms with E-state index in [1.807, 2.05) is 13.8 Å². The summed E-state index contributed by atoms with van der Waals surface area (Å²) >= 11 is 0. The highest BCUT2D eigenvalue weighted by Gasteiger charge is 2.37. The van der Waals surface area contributed by atoms with Crippen LogP contribution in [0.5, 0.6) is 0 Å². The average molecular weight is 352 g/mol.